The molecule has 0 aliphatic carbocycles. The summed E-state index contributed by atoms with van der Waals surface area (Å²) in [6.07, 6.45) is 2.15. The first-order valence-electron chi connectivity index (χ1n) is 6.10. The average Bonchev–Trinajstić information content (AvgIpc) is 2.95. The van der Waals surface area contributed by atoms with Crippen molar-refractivity contribution in [1.82, 2.24) is 4.72 Å². The van der Waals surface area contributed by atoms with Crippen LogP contribution in [0.25, 0.3) is 0 Å². The van der Waals surface area contributed by atoms with Gasteiger partial charge in [0, 0.05) is 6.54 Å². The number of furan rings is 1. The lowest BCUT2D eigenvalue weighted by Gasteiger charge is -2.12. The molecule has 0 atom stereocenters. The number of hydrogen-bond acceptors (Lipinski definition) is 5. The van der Waals surface area contributed by atoms with Crippen LogP contribution in [0.2, 0.25) is 0 Å². The molecule has 0 amide bonds. The number of anilines is 1. The van der Waals surface area contributed by atoms with Crippen LogP contribution in [0, 0.1) is 5.82 Å². The summed E-state index contributed by atoms with van der Waals surface area (Å²) in [6.45, 7) is 1.62. The van der Waals surface area contributed by atoms with Gasteiger partial charge in [-0.25, -0.2) is 25.9 Å². The van der Waals surface area contributed by atoms with Crippen molar-refractivity contribution in [3.05, 3.63) is 42.6 Å². The van der Waals surface area contributed by atoms with Crippen molar-refractivity contribution in [3.63, 3.8) is 0 Å². The zero-order valence-corrected chi connectivity index (χ0v) is 13.0. The maximum atomic E-state index is 13.3. The van der Waals surface area contributed by atoms with Crippen LogP contribution in [-0.4, -0.2) is 23.4 Å². The van der Waals surface area contributed by atoms with E-state index in [0.717, 1.165) is 30.7 Å². The van der Waals surface area contributed by atoms with E-state index in [2.05, 4.69) is 13.9 Å². The summed E-state index contributed by atoms with van der Waals surface area (Å²) in [5.41, 5.74) is -0.261. The molecule has 7 nitrogen and oxygen atoms in total. The fourth-order valence-electron chi connectivity index (χ4n) is 1.68. The van der Waals surface area contributed by atoms with E-state index < -0.39 is 30.8 Å². The average molecular weight is 348 g/mol. The Balaban J connectivity index is 2.49. The molecule has 1 heterocycles. The molecule has 0 saturated carbocycles. The minimum Gasteiger partial charge on any atom is -0.471 e. The zero-order chi connectivity index (χ0) is 16.4. The standard InChI is InChI=1S/C12H13FN2O5S2/c1-2-14-22(18,19)12-7-9(13)3-4-11(12)15-21(16,17)10-5-6-20-8-10/h3-8,14-15H,2H2,1H3. The van der Waals surface area contributed by atoms with E-state index in [4.69, 9.17) is 0 Å². The minimum absolute atomic E-state index is 0.0762. The first kappa shape index (κ1) is 16.5. The van der Waals surface area contributed by atoms with Gasteiger partial charge in [0.05, 0.1) is 12.0 Å². The number of sulfonamides is 2. The molecule has 2 aromatic rings. The maximum absolute atomic E-state index is 13.3. The van der Waals surface area contributed by atoms with E-state index in [-0.39, 0.29) is 17.1 Å². The van der Waals surface area contributed by atoms with Gasteiger partial charge in [-0.1, -0.05) is 6.92 Å². The van der Waals surface area contributed by atoms with E-state index in [1.54, 1.807) is 6.92 Å². The molecule has 0 radical (unpaired) electrons. The lowest BCUT2D eigenvalue weighted by Crippen LogP contribution is -2.25. The highest BCUT2D eigenvalue weighted by Crippen LogP contribution is 2.25. The Kier molecular flexibility index (Phi) is 4.54. The van der Waals surface area contributed by atoms with Crippen LogP contribution >= 0.6 is 0 Å². The predicted molar refractivity (Wildman–Crippen MR) is 76.8 cm³/mol. The highest BCUT2D eigenvalue weighted by molar-refractivity contribution is 7.93. The van der Waals surface area contributed by atoms with Gasteiger partial charge >= 0.3 is 0 Å². The first-order chi connectivity index (χ1) is 10.3. The fourth-order valence-corrected chi connectivity index (χ4v) is 3.96. The summed E-state index contributed by atoms with van der Waals surface area (Å²) in [7, 11) is -8.08. The SMILES string of the molecule is CCNS(=O)(=O)c1cc(F)ccc1NS(=O)(=O)c1ccoc1. The maximum Gasteiger partial charge on any atom is 0.265 e. The van der Waals surface area contributed by atoms with Crippen molar-refractivity contribution in [3.8, 4) is 0 Å². The van der Waals surface area contributed by atoms with Gasteiger partial charge in [-0.2, -0.15) is 0 Å². The molecule has 2 rings (SSSR count). The highest BCUT2D eigenvalue weighted by Gasteiger charge is 2.23. The molecule has 10 heteroatoms. The van der Waals surface area contributed by atoms with Crippen molar-refractivity contribution in [2.75, 3.05) is 11.3 Å². The van der Waals surface area contributed by atoms with Crippen molar-refractivity contribution in [1.29, 1.82) is 0 Å². The van der Waals surface area contributed by atoms with Gasteiger partial charge in [0.1, 0.15) is 21.9 Å². The van der Waals surface area contributed by atoms with Gasteiger partial charge in [-0.3, -0.25) is 4.72 Å². The van der Waals surface area contributed by atoms with Crippen molar-refractivity contribution >= 4 is 25.7 Å². The number of benzene rings is 1. The van der Waals surface area contributed by atoms with E-state index in [9.17, 15) is 21.2 Å². The molecule has 0 aliphatic heterocycles. The molecule has 0 aliphatic rings. The zero-order valence-electron chi connectivity index (χ0n) is 11.4. The molecular formula is C12H13FN2O5S2. The van der Waals surface area contributed by atoms with Gasteiger partial charge in [0.25, 0.3) is 10.0 Å². The Bertz CT molecular complexity index is 861. The molecule has 120 valence electrons. The Morgan fingerprint density at radius 2 is 1.86 bits per heavy atom. The second-order valence-electron chi connectivity index (χ2n) is 4.21. The van der Waals surface area contributed by atoms with Crippen molar-refractivity contribution in [2.24, 2.45) is 0 Å². The van der Waals surface area contributed by atoms with Gasteiger partial charge in [0.15, 0.2) is 0 Å². The summed E-state index contributed by atoms with van der Waals surface area (Å²) >= 11 is 0. The number of rotatable bonds is 6. The van der Waals surface area contributed by atoms with E-state index in [1.807, 2.05) is 0 Å². The second-order valence-corrected chi connectivity index (χ2v) is 7.62. The molecule has 0 saturated heterocycles. The summed E-state index contributed by atoms with van der Waals surface area (Å²) in [5.74, 6) is -0.803. The molecule has 0 spiro atoms. The summed E-state index contributed by atoms with van der Waals surface area (Å²) < 4.78 is 70.6. The third kappa shape index (κ3) is 3.46. The minimum atomic E-state index is -4.05. The number of halogens is 1. The molecule has 1 aromatic heterocycles. The Morgan fingerprint density at radius 3 is 2.45 bits per heavy atom. The first-order valence-corrected chi connectivity index (χ1v) is 9.07. The fraction of sp³-hybridized carbons (Fsp3) is 0.167. The van der Waals surface area contributed by atoms with E-state index >= 15 is 0 Å². The second kappa shape index (κ2) is 6.07. The smallest absolute Gasteiger partial charge is 0.265 e. The summed E-state index contributed by atoms with van der Waals surface area (Å²) in [4.78, 5) is -0.676. The Labute approximate surface area is 127 Å². The third-order valence-corrected chi connectivity index (χ3v) is 5.54. The lowest BCUT2D eigenvalue weighted by atomic mass is 10.3. The molecule has 0 unspecified atom stereocenters. The molecule has 0 bridgehead atoms. The van der Waals surface area contributed by atoms with Crippen LogP contribution in [0.3, 0.4) is 0 Å². The molecule has 1 aromatic carbocycles. The van der Waals surface area contributed by atoms with E-state index in [1.165, 1.54) is 6.07 Å². The van der Waals surface area contributed by atoms with Gasteiger partial charge < -0.3 is 4.42 Å². The molecule has 0 fully saturated rings. The van der Waals surface area contributed by atoms with Crippen LogP contribution in [0.5, 0.6) is 0 Å². The normalized spacial score (nSPS) is 12.3. The van der Waals surface area contributed by atoms with Crippen LogP contribution in [0.15, 0.2) is 51.0 Å². The highest BCUT2D eigenvalue weighted by atomic mass is 32.2. The van der Waals surface area contributed by atoms with Crippen LogP contribution in [0.1, 0.15) is 6.92 Å². The molecule has 22 heavy (non-hydrogen) atoms. The van der Waals surface area contributed by atoms with Gasteiger partial charge in [-0.15, -0.1) is 0 Å². The predicted octanol–water partition coefficient (Wildman–Crippen LogP) is 1.52. The topological polar surface area (TPSA) is 105 Å². The Hall–Kier alpha value is -1.91. The molecular weight excluding hydrogens is 335 g/mol. The van der Waals surface area contributed by atoms with Crippen molar-refractivity contribution < 1.29 is 25.6 Å². The van der Waals surface area contributed by atoms with Crippen LogP contribution in [0.4, 0.5) is 10.1 Å². The monoisotopic (exact) mass is 348 g/mol. The summed E-state index contributed by atoms with van der Waals surface area (Å²) in [5, 5.41) is 0. The van der Waals surface area contributed by atoms with E-state index in [0.29, 0.717) is 0 Å². The van der Waals surface area contributed by atoms with Crippen molar-refractivity contribution in [2.45, 2.75) is 16.7 Å². The third-order valence-electron chi connectivity index (χ3n) is 2.62. The van der Waals surface area contributed by atoms with Crippen LogP contribution < -0.4 is 9.44 Å². The van der Waals surface area contributed by atoms with Gasteiger partial charge in [-0.05, 0) is 24.3 Å². The summed E-state index contributed by atoms with van der Waals surface area (Å²) in [6, 6.07) is 3.94. The molecule has 2 N–H and O–H groups in total. The largest absolute Gasteiger partial charge is 0.471 e. The van der Waals surface area contributed by atoms with Gasteiger partial charge in [0.2, 0.25) is 10.0 Å². The quantitative estimate of drug-likeness (QED) is 0.823. The number of hydrogen-bond donors (Lipinski definition) is 2. The lowest BCUT2D eigenvalue weighted by molar-refractivity contribution is 0.557. The Morgan fingerprint density at radius 1 is 1.14 bits per heavy atom. The number of nitrogens with one attached hydrogen (secondary N) is 2. The van der Waals surface area contributed by atoms with Crippen LogP contribution in [-0.2, 0) is 20.0 Å².